The normalized spacial score (nSPS) is 16.2. The van der Waals surface area contributed by atoms with Crippen molar-refractivity contribution in [2.45, 2.75) is 141 Å². The summed E-state index contributed by atoms with van der Waals surface area (Å²) in [5.74, 6) is 0.0263. The van der Waals surface area contributed by atoms with E-state index in [9.17, 15) is 4.79 Å². The highest BCUT2D eigenvalue weighted by Gasteiger charge is 2.33. The Labute approximate surface area is 175 Å². The molecular weight excluding hydrogens is 346 g/mol. The Morgan fingerprint density at radius 2 is 1.14 bits per heavy atom. The highest BCUT2D eigenvalue weighted by atomic mass is 16.6. The first-order chi connectivity index (χ1) is 13.7. The molecule has 1 rings (SSSR count). The maximum absolute atomic E-state index is 12.2. The van der Waals surface area contributed by atoms with E-state index >= 15 is 0 Å². The largest absolute Gasteiger partial charge is 0.459 e. The summed E-state index contributed by atoms with van der Waals surface area (Å²) in [4.78, 5) is 12.2. The molecule has 1 aliphatic heterocycles. The van der Waals surface area contributed by atoms with Gasteiger partial charge in [0, 0.05) is 6.42 Å². The van der Waals surface area contributed by atoms with Crippen LogP contribution in [0, 0.1) is 0 Å². The van der Waals surface area contributed by atoms with Gasteiger partial charge in [0.25, 0.3) is 0 Å². The lowest BCUT2D eigenvalue weighted by molar-refractivity contribution is -0.163. The third-order valence-corrected chi connectivity index (χ3v) is 6.47. The molecule has 3 heteroatoms. The topological polar surface area (TPSA) is 38.3 Å². The number of nitrogens with one attached hydrogen (secondary N) is 1. The molecule has 1 aliphatic rings. The second-order valence-corrected chi connectivity index (χ2v) is 8.96. The van der Waals surface area contributed by atoms with E-state index in [1.807, 2.05) is 0 Å². The van der Waals surface area contributed by atoms with Crippen LogP contribution in [0.3, 0.4) is 0 Å². The van der Waals surface area contributed by atoms with Gasteiger partial charge < -0.3 is 10.1 Å². The van der Waals surface area contributed by atoms with Gasteiger partial charge in [0.15, 0.2) is 0 Å². The average Bonchev–Trinajstić information content (AvgIpc) is 2.71. The molecule has 0 saturated carbocycles. The van der Waals surface area contributed by atoms with Crippen LogP contribution >= 0.6 is 0 Å². The van der Waals surface area contributed by atoms with Crippen molar-refractivity contribution in [3.8, 4) is 0 Å². The Kier molecular flexibility index (Phi) is 15.7. The molecule has 0 radical (unpaired) electrons. The minimum atomic E-state index is -0.183. The number of carbonyl (C=O) groups is 1. The van der Waals surface area contributed by atoms with Crippen LogP contribution in [-0.2, 0) is 9.53 Å². The summed E-state index contributed by atoms with van der Waals surface area (Å²) in [6.45, 7) is 6.37. The quantitative estimate of drug-likeness (QED) is 0.195. The zero-order valence-corrected chi connectivity index (χ0v) is 19.2. The summed E-state index contributed by atoms with van der Waals surface area (Å²) in [5, 5.41) is 3.36. The van der Waals surface area contributed by atoms with Crippen LogP contribution in [0.5, 0.6) is 0 Å². The molecule has 0 spiro atoms. The molecule has 0 atom stereocenters. The number of ether oxygens (including phenoxy) is 1. The molecule has 28 heavy (non-hydrogen) atoms. The molecule has 0 unspecified atom stereocenters. The Morgan fingerprint density at radius 3 is 1.57 bits per heavy atom. The molecular formula is C25H49NO2. The highest BCUT2D eigenvalue weighted by molar-refractivity contribution is 5.69. The second kappa shape index (κ2) is 17.3. The Balaban J connectivity index is 1.84. The van der Waals surface area contributed by atoms with E-state index in [0.717, 1.165) is 38.8 Å². The van der Waals surface area contributed by atoms with E-state index in [1.165, 1.54) is 89.9 Å². The molecule has 1 fully saturated rings. The van der Waals surface area contributed by atoms with Crippen LogP contribution in [0.25, 0.3) is 0 Å². The van der Waals surface area contributed by atoms with Crippen molar-refractivity contribution in [3.05, 3.63) is 0 Å². The predicted molar refractivity (Wildman–Crippen MR) is 121 cm³/mol. The number of rotatable bonds is 18. The standard InChI is InChI=1S/C25H49NO2/c1-3-5-6-7-8-9-10-11-12-13-14-15-16-17-18-19-24(27)28-25(4-2)20-22-26-23-21-25/h26H,3-23H2,1-2H3. The molecule has 1 saturated heterocycles. The summed E-state index contributed by atoms with van der Waals surface area (Å²) in [6.07, 6.45) is 23.8. The molecule has 3 nitrogen and oxygen atoms in total. The van der Waals surface area contributed by atoms with Gasteiger partial charge in [0.05, 0.1) is 0 Å². The first-order valence-electron chi connectivity index (χ1n) is 12.6. The van der Waals surface area contributed by atoms with E-state index in [2.05, 4.69) is 19.2 Å². The number of carbonyl (C=O) groups excluding carboxylic acids is 1. The van der Waals surface area contributed by atoms with Gasteiger partial charge in [-0.05, 0) is 38.8 Å². The number of hydrogen-bond donors (Lipinski definition) is 1. The summed E-state index contributed by atoms with van der Waals surface area (Å²) in [7, 11) is 0. The minimum absolute atomic E-state index is 0.0263. The fourth-order valence-corrected chi connectivity index (χ4v) is 4.34. The Hall–Kier alpha value is -0.570. The van der Waals surface area contributed by atoms with Gasteiger partial charge in [-0.3, -0.25) is 4.79 Å². The lowest BCUT2D eigenvalue weighted by Gasteiger charge is -2.36. The van der Waals surface area contributed by atoms with Crippen LogP contribution in [-0.4, -0.2) is 24.7 Å². The summed E-state index contributed by atoms with van der Waals surface area (Å²) < 4.78 is 5.87. The lowest BCUT2D eigenvalue weighted by Crippen LogP contribution is -2.44. The van der Waals surface area contributed by atoms with Crippen LogP contribution < -0.4 is 5.32 Å². The maximum Gasteiger partial charge on any atom is 0.306 e. The van der Waals surface area contributed by atoms with Gasteiger partial charge in [-0.2, -0.15) is 0 Å². The van der Waals surface area contributed by atoms with Crippen molar-refractivity contribution in [2.24, 2.45) is 0 Å². The number of esters is 1. The number of piperidine rings is 1. The van der Waals surface area contributed by atoms with Gasteiger partial charge in [-0.1, -0.05) is 104 Å². The molecule has 1 heterocycles. The molecule has 0 amide bonds. The molecule has 166 valence electrons. The van der Waals surface area contributed by atoms with E-state index in [1.54, 1.807) is 0 Å². The Bertz CT molecular complexity index is 364. The first kappa shape index (κ1) is 25.5. The van der Waals surface area contributed by atoms with Crippen molar-refractivity contribution in [1.29, 1.82) is 0 Å². The number of unbranched alkanes of at least 4 members (excludes halogenated alkanes) is 14. The van der Waals surface area contributed by atoms with Crippen LogP contribution in [0.4, 0.5) is 0 Å². The van der Waals surface area contributed by atoms with Crippen LogP contribution in [0.15, 0.2) is 0 Å². The number of hydrogen-bond acceptors (Lipinski definition) is 3. The summed E-state index contributed by atoms with van der Waals surface area (Å²) in [5.41, 5.74) is -0.183. The van der Waals surface area contributed by atoms with Gasteiger partial charge in [0.2, 0.25) is 0 Å². The third kappa shape index (κ3) is 12.8. The molecule has 0 aliphatic carbocycles. The van der Waals surface area contributed by atoms with Gasteiger partial charge in [-0.15, -0.1) is 0 Å². The predicted octanol–water partition coefficient (Wildman–Crippen LogP) is 7.32. The third-order valence-electron chi connectivity index (χ3n) is 6.47. The fraction of sp³-hybridized carbons (Fsp3) is 0.960. The van der Waals surface area contributed by atoms with Crippen LogP contribution in [0.2, 0.25) is 0 Å². The van der Waals surface area contributed by atoms with Crippen LogP contribution in [0.1, 0.15) is 136 Å². The minimum Gasteiger partial charge on any atom is -0.459 e. The van der Waals surface area contributed by atoms with Gasteiger partial charge in [-0.25, -0.2) is 0 Å². The zero-order valence-electron chi connectivity index (χ0n) is 19.2. The van der Waals surface area contributed by atoms with E-state index < -0.39 is 0 Å². The molecule has 0 aromatic carbocycles. The summed E-state index contributed by atoms with van der Waals surface area (Å²) >= 11 is 0. The highest BCUT2D eigenvalue weighted by Crippen LogP contribution is 2.27. The van der Waals surface area contributed by atoms with Crippen molar-refractivity contribution in [2.75, 3.05) is 13.1 Å². The van der Waals surface area contributed by atoms with E-state index in [0.29, 0.717) is 6.42 Å². The van der Waals surface area contributed by atoms with Gasteiger partial charge in [0.1, 0.15) is 5.60 Å². The first-order valence-corrected chi connectivity index (χ1v) is 12.6. The summed E-state index contributed by atoms with van der Waals surface area (Å²) in [6, 6.07) is 0. The second-order valence-electron chi connectivity index (χ2n) is 8.96. The SMILES string of the molecule is CCCCCCCCCCCCCCCCCC(=O)OC1(CC)CCNCC1. The zero-order chi connectivity index (χ0) is 20.3. The van der Waals surface area contributed by atoms with E-state index in [-0.39, 0.29) is 11.6 Å². The molecule has 1 N–H and O–H groups in total. The van der Waals surface area contributed by atoms with Crippen molar-refractivity contribution >= 4 is 5.97 Å². The maximum atomic E-state index is 12.2. The molecule has 0 bridgehead atoms. The fourth-order valence-electron chi connectivity index (χ4n) is 4.34. The van der Waals surface area contributed by atoms with Crippen molar-refractivity contribution in [3.63, 3.8) is 0 Å². The van der Waals surface area contributed by atoms with Crippen molar-refractivity contribution < 1.29 is 9.53 Å². The molecule has 0 aromatic heterocycles. The Morgan fingerprint density at radius 1 is 0.714 bits per heavy atom. The van der Waals surface area contributed by atoms with E-state index in [4.69, 9.17) is 4.74 Å². The van der Waals surface area contributed by atoms with Crippen molar-refractivity contribution in [1.82, 2.24) is 5.32 Å². The average molecular weight is 396 g/mol. The monoisotopic (exact) mass is 395 g/mol. The van der Waals surface area contributed by atoms with Gasteiger partial charge >= 0.3 is 5.97 Å². The smallest absolute Gasteiger partial charge is 0.306 e. The lowest BCUT2D eigenvalue weighted by atomic mass is 9.89. The molecule has 0 aromatic rings.